The van der Waals surface area contributed by atoms with Gasteiger partial charge in [0.15, 0.2) is 5.82 Å². The maximum atomic E-state index is 5.98. The summed E-state index contributed by atoms with van der Waals surface area (Å²) < 4.78 is 1.91. The summed E-state index contributed by atoms with van der Waals surface area (Å²) in [6.45, 7) is 6.60. The minimum absolute atomic E-state index is 0.0370. The Kier molecular flexibility index (Phi) is 2.54. The number of aryl methyl sites for hydroxylation is 1. The molecule has 0 fully saturated rings. The molecule has 2 rings (SSSR count). The molecule has 1 aliphatic rings. The van der Waals surface area contributed by atoms with Crippen LogP contribution in [0.15, 0.2) is 0 Å². The number of hydrogen-bond donors (Lipinski definition) is 1. The topological polar surface area (TPSA) is 56.7 Å². The first-order valence-electron chi connectivity index (χ1n) is 5.65. The predicted molar refractivity (Wildman–Crippen MR) is 59.3 cm³/mol. The lowest BCUT2D eigenvalue weighted by molar-refractivity contribution is 0.364. The van der Waals surface area contributed by atoms with Gasteiger partial charge in [-0.05, 0) is 18.3 Å². The summed E-state index contributed by atoms with van der Waals surface area (Å²) >= 11 is 0. The van der Waals surface area contributed by atoms with E-state index in [1.54, 1.807) is 0 Å². The van der Waals surface area contributed by atoms with Gasteiger partial charge in [-0.2, -0.15) is 5.10 Å². The van der Waals surface area contributed by atoms with Crippen molar-refractivity contribution >= 4 is 0 Å². The lowest BCUT2D eigenvalue weighted by Crippen LogP contribution is -2.26. The van der Waals surface area contributed by atoms with Gasteiger partial charge < -0.3 is 5.73 Å². The number of hydrogen-bond acceptors (Lipinski definition) is 3. The third-order valence-electron chi connectivity index (χ3n) is 2.65. The van der Waals surface area contributed by atoms with Crippen molar-refractivity contribution in [2.24, 2.45) is 11.1 Å². The third-order valence-corrected chi connectivity index (χ3v) is 2.65. The average molecular weight is 208 g/mol. The quantitative estimate of drug-likeness (QED) is 0.763. The van der Waals surface area contributed by atoms with E-state index in [1.807, 2.05) is 4.68 Å². The molecule has 0 saturated heterocycles. The standard InChI is InChI=1S/C11H20N4/c1-11(2,3)7-9-13-10-6-4-5-8(12)15(10)14-9/h8H,4-7,12H2,1-3H3. The molecule has 1 atom stereocenters. The lowest BCUT2D eigenvalue weighted by atomic mass is 9.92. The first-order valence-corrected chi connectivity index (χ1v) is 5.65. The molecule has 0 amide bonds. The van der Waals surface area contributed by atoms with Gasteiger partial charge in [-0.15, -0.1) is 0 Å². The molecule has 15 heavy (non-hydrogen) atoms. The number of aromatic nitrogens is 3. The first kappa shape index (κ1) is 10.6. The molecule has 1 unspecified atom stereocenters. The molecule has 0 radical (unpaired) electrons. The SMILES string of the molecule is CC(C)(C)Cc1nc2n(n1)C(N)CCC2. The molecule has 1 aromatic heterocycles. The van der Waals surface area contributed by atoms with Gasteiger partial charge in [-0.25, -0.2) is 9.67 Å². The van der Waals surface area contributed by atoms with Crippen LogP contribution in [0.1, 0.15) is 51.4 Å². The molecule has 2 heterocycles. The predicted octanol–water partition coefficient (Wildman–Crippen LogP) is 1.66. The maximum absolute atomic E-state index is 5.98. The summed E-state index contributed by atoms with van der Waals surface area (Å²) in [6, 6.07) is 0. The molecule has 84 valence electrons. The molecule has 4 nitrogen and oxygen atoms in total. The van der Waals surface area contributed by atoms with Crippen LogP contribution in [0.25, 0.3) is 0 Å². The van der Waals surface area contributed by atoms with E-state index in [0.29, 0.717) is 0 Å². The van der Waals surface area contributed by atoms with Crippen molar-refractivity contribution in [2.75, 3.05) is 0 Å². The maximum Gasteiger partial charge on any atom is 0.151 e. The summed E-state index contributed by atoms with van der Waals surface area (Å²) in [5.41, 5.74) is 6.22. The summed E-state index contributed by atoms with van der Waals surface area (Å²) in [4.78, 5) is 4.56. The molecule has 0 bridgehead atoms. The molecule has 0 aliphatic carbocycles. The summed E-state index contributed by atoms with van der Waals surface area (Å²) in [5, 5.41) is 4.50. The Balaban J connectivity index is 2.22. The minimum Gasteiger partial charge on any atom is -0.310 e. The molecular weight excluding hydrogens is 188 g/mol. The Bertz CT molecular complexity index is 348. The molecular formula is C11H20N4. The van der Waals surface area contributed by atoms with Gasteiger partial charge in [0.1, 0.15) is 12.0 Å². The highest BCUT2D eigenvalue weighted by atomic mass is 15.4. The van der Waals surface area contributed by atoms with Crippen LogP contribution in [0.2, 0.25) is 0 Å². The van der Waals surface area contributed by atoms with Crippen molar-refractivity contribution in [3.8, 4) is 0 Å². The average Bonchev–Trinajstić information content (AvgIpc) is 2.45. The monoisotopic (exact) mass is 208 g/mol. The van der Waals surface area contributed by atoms with Crippen molar-refractivity contribution < 1.29 is 0 Å². The lowest BCUT2D eigenvalue weighted by Gasteiger charge is -2.18. The molecule has 2 N–H and O–H groups in total. The highest BCUT2D eigenvalue weighted by Crippen LogP contribution is 2.22. The van der Waals surface area contributed by atoms with Crippen molar-refractivity contribution in [1.29, 1.82) is 0 Å². The van der Waals surface area contributed by atoms with E-state index < -0.39 is 0 Å². The van der Waals surface area contributed by atoms with E-state index in [4.69, 9.17) is 5.73 Å². The Morgan fingerprint density at radius 3 is 2.80 bits per heavy atom. The summed E-state index contributed by atoms with van der Waals surface area (Å²) in [6.07, 6.45) is 4.13. The Morgan fingerprint density at radius 1 is 1.47 bits per heavy atom. The molecule has 0 aromatic carbocycles. The van der Waals surface area contributed by atoms with Crippen LogP contribution in [0, 0.1) is 5.41 Å². The second-order valence-corrected chi connectivity index (χ2v) is 5.59. The zero-order valence-corrected chi connectivity index (χ0v) is 9.82. The second kappa shape index (κ2) is 3.59. The fourth-order valence-corrected chi connectivity index (χ4v) is 1.98. The van der Waals surface area contributed by atoms with Gasteiger partial charge in [0.25, 0.3) is 0 Å². The van der Waals surface area contributed by atoms with Crippen LogP contribution in [0.4, 0.5) is 0 Å². The van der Waals surface area contributed by atoms with E-state index >= 15 is 0 Å². The van der Waals surface area contributed by atoms with E-state index in [0.717, 1.165) is 37.3 Å². The Hall–Kier alpha value is -0.900. The smallest absolute Gasteiger partial charge is 0.151 e. The fourth-order valence-electron chi connectivity index (χ4n) is 1.98. The summed E-state index contributed by atoms with van der Waals surface area (Å²) in [5.74, 6) is 2.00. The van der Waals surface area contributed by atoms with Crippen LogP contribution >= 0.6 is 0 Å². The van der Waals surface area contributed by atoms with Crippen LogP contribution in [0.3, 0.4) is 0 Å². The highest BCUT2D eigenvalue weighted by Gasteiger charge is 2.22. The van der Waals surface area contributed by atoms with Crippen LogP contribution in [-0.4, -0.2) is 14.8 Å². The second-order valence-electron chi connectivity index (χ2n) is 5.59. The molecule has 0 saturated carbocycles. The van der Waals surface area contributed by atoms with Gasteiger partial charge in [-0.1, -0.05) is 20.8 Å². The number of nitrogens with two attached hydrogens (primary N) is 1. The third kappa shape index (κ3) is 2.37. The van der Waals surface area contributed by atoms with Gasteiger partial charge in [0, 0.05) is 12.8 Å². The van der Waals surface area contributed by atoms with E-state index in [1.165, 1.54) is 0 Å². The fraction of sp³-hybridized carbons (Fsp3) is 0.818. The van der Waals surface area contributed by atoms with Gasteiger partial charge >= 0.3 is 0 Å². The van der Waals surface area contributed by atoms with Crippen molar-refractivity contribution in [1.82, 2.24) is 14.8 Å². The number of rotatable bonds is 1. The highest BCUT2D eigenvalue weighted by molar-refractivity contribution is 4.99. The normalized spacial score (nSPS) is 21.5. The Morgan fingerprint density at radius 2 is 2.20 bits per heavy atom. The van der Waals surface area contributed by atoms with Crippen molar-refractivity contribution in [3.63, 3.8) is 0 Å². The van der Waals surface area contributed by atoms with Gasteiger partial charge in [-0.3, -0.25) is 0 Å². The molecule has 0 spiro atoms. The van der Waals surface area contributed by atoms with E-state index in [-0.39, 0.29) is 11.6 Å². The zero-order chi connectivity index (χ0) is 11.1. The van der Waals surface area contributed by atoms with Gasteiger partial charge in [0.05, 0.1) is 0 Å². The number of fused-ring (bicyclic) bond motifs is 1. The zero-order valence-electron chi connectivity index (χ0n) is 9.82. The minimum atomic E-state index is 0.0370. The number of nitrogens with zero attached hydrogens (tertiary/aromatic N) is 3. The molecule has 1 aliphatic heterocycles. The van der Waals surface area contributed by atoms with Crippen molar-refractivity contribution in [2.45, 2.75) is 52.6 Å². The molecule has 4 heteroatoms. The summed E-state index contributed by atoms with van der Waals surface area (Å²) in [7, 11) is 0. The van der Waals surface area contributed by atoms with Gasteiger partial charge in [0.2, 0.25) is 0 Å². The van der Waals surface area contributed by atoms with Crippen LogP contribution in [0.5, 0.6) is 0 Å². The van der Waals surface area contributed by atoms with E-state index in [2.05, 4.69) is 30.9 Å². The molecule has 1 aromatic rings. The largest absolute Gasteiger partial charge is 0.310 e. The van der Waals surface area contributed by atoms with E-state index in [9.17, 15) is 0 Å². The Labute approximate surface area is 90.9 Å². The van der Waals surface area contributed by atoms with Crippen molar-refractivity contribution in [3.05, 3.63) is 11.6 Å². The van der Waals surface area contributed by atoms with Crippen LogP contribution < -0.4 is 5.73 Å². The first-order chi connectivity index (χ1) is 6.96. The van der Waals surface area contributed by atoms with Crippen LogP contribution in [-0.2, 0) is 12.8 Å².